The highest BCUT2D eigenvalue weighted by Gasteiger charge is 2.38. The fraction of sp³-hybridized carbons (Fsp3) is 0.688. The van der Waals surface area contributed by atoms with E-state index in [4.69, 9.17) is 15.9 Å². The van der Waals surface area contributed by atoms with Gasteiger partial charge in [-0.05, 0) is 19.3 Å². The standard InChI is InChI=1S/C16H26N4O8S/c17-8(6-21)13(24)19-10(7-29)14(25)18-9(3-4-12(22)23)15(26)20-5-1-2-11(20)16(27)28/h8-11,21,29H,1-7,17H2,(H,18,25)(H,19,24)(H,22,23)(H,27,28). The summed E-state index contributed by atoms with van der Waals surface area (Å²) in [7, 11) is 0. The van der Waals surface area contributed by atoms with Gasteiger partial charge >= 0.3 is 11.9 Å². The minimum absolute atomic E-state index is 0.156. The topological polar surface area (TPSA) is 199 Å². The van der Waals surface area contributed by atoms with Crippen molar-refractivity contribution in [3.8, 4) is 0 Å². The Balaban J connectivity index is 2.91. The summed E-state index contributed by atoms with van der Waals surface area (Å²) in [5, 5.41) is 31.7. The molecule has 1 heterocycles. The summed E-state index contributed by atoms with van der Waals surface area (Å²) in [5.41, 5.74) is 5.38. The Hall–Kier alpha value is -2.38. The Morgan fingerprint density at radius 3 is 2.24 bits per heavy atom. The summed E-state index contributed by atoms with van der Waals surface area (Å²) in [6.45, 7) is -0.467. The third-order valence-electron chi connectivity index (χ3n) is 4.43. The third-order valence-corrected chi connectivity index (χ3v) is 4.80. The molecule has 0 bridgehead atoms. The van der Waals surface area contributed by atoms with E-state index < -0.39 is 66.9 Å². The van der Waals surface area contributed by atoms with E-state index in [9.17, 15) is 29.1 Å². The van der Waals surface area contributed by atoms with E-state index in [1.54, 1.807) is 0 Å². The zero-order chi connectivity index (χ0) is 22.1. The van der Waals surface area contributed by atoms with Gasteiger partial charge in [0.05, 0.1) is 6.61 Å². The number of hydrogen-bond donors (Lipinski definition) is 7. The summed E-state index contributed by atoms with van der Waals surface area (Å²) >= 11 is 3.97. The number of nitrogens with two attached hydrogens (primary N) is 1. The molecule has 0 aromatic rings. The number of carboxylic acid groups (broad SMARTS) is 2. The normalized spacial score (nSPS) is 19.1. The molecule has 1 saturated heterocycles. The molecule has 4 unspecified atom stereocenters. The van der Waals surface area contributed by atoms with E-state index in [1.807, 2.05) is 0 Å². The number of carbonyl (C=O) groups excluding carboxylic acids is 3. The molecular formula is C16H26N4O8S. The third kappa shape index (κ3) is 7.18. The largest absolute Gasteiger partial charge is 0.481 e. The zero-order valence-electron chi connectivity index (χ0n) is 15.6. The van der Waals surface area contributed by atoms with Gasteiger partial charge in [-0.1, -0.05) is 0 Å². The lowest BCUT2D eigenvalue weighted by Crippen LogP contribution is -2.58. The van der Waals surface area contributed by atoms with Gasteiger partial charge in [-0.15, -0.1) is 0 Å². The van der Waals surface area contributed by atoms with Crippen LogP contribution in [0.5, 0.6) is 0 Å². The first kappa shape index (κ1) is 24.7. The number of amides is 3. The van der Waals surface area contributed by atoms with E-state index in [0.717, 1.165) is 4.90 Å². The van der Waals surface area contributed by atoms with Crippen LogP contribution in [-0.2, 0) is 24.0 Å². The molecule has 0 radical (unpaired) electrons. The number of carboxylic acids is 2. The monoisotopic (exact) mass is 434 g/mol. The smallest absolute Gasteiger partial charge is 0.326 e. The average Bonchev–Trinajstić information content (AvgIpc) is 3.17. The highest BCUT2D eigenvalue weighted by atomic mass is 32.1. The van der Waals surface area contributed by atoms with Crippen molar-refractivity contribution < 1.29 is 39.3 Å². The molecular weight excluding hydrogens is 408 g/mol. The highest BCUT2D eigenvalue weighted by molar-refractivity contribution is 7.80. The van der Waals surface area contributed by atoms with Crippen LogP contribution >= 0.6 is 12.6 Å². The van der Waals surface area contributed by atoms with Crippen LogP contribution in [0, 0.1) is 0 Å². The molecule has 1 fully saturated rings. The molecule has 4 atom stereocenters. The van der Waals surface area contributed by atoms with Crippen molar-refractivity contribution in [3.05, 3.63) is 0 Å². The lowest BCUT2D eigenvalue weighted by atomic mass is 10.1. The second-order valence-electron chi connectivity index (χ2n) is 6.55. The summed E-state index contributed by atoms with van der Waals surface area (Å²) in [5.74, 6) is -4.86. The molecule has 1 aliphatic heterocycles. The van der Waals surface area contributed by atoms with Crippen LogP contribution in [0.25, 0.3) is 0 Å². The van der Waals surface area contributed by atoms with Gasteiger partial charge in [-0.2, -0.15) is 12.6 Å². The Bertz CT molecular complexity index is 646. The summed E-state index contributed by atoms with van der Waals surface area (Å²) < 4.78 is 0. The highest BCUT2D eigenvalue weighted by Crippen LogP contribution is 2.19. The lowest BCUT2D eigenvalue weighted by molar-refractivity contribution is -0.150. The summed E-state index contributed by atoms with van der Waals surface area (Å²) in [6.07, 6.45) is 0.0351. The number of rotatable bonds is 11. The number of aliphatic hydroxyl groups excluding tert-OH is 1. The number of nitrogens with zero attached hydrogens (tertiary/aromatic N) is 1. The Morgan fingerprint density at radius 2 is 1.72 bits per heavy atom. The van der Waals surface area contributed by atoms with Gasteiger partial charge in [-0.3, -0.25) is 19.2 Å². The minimum Gasteiger partial charge on any atom is -0.481 e. The molecule has 3 amide bonds. The van der Waals surface area contributed by atoms with Crippen LogP contribution in [0.4, 0.5) is 0 Å². The predicted molar refractivity (Wildman–Crippen MR) is 102 cm³/mol. The number of aliphatic carboxylic acids is 2. The van der Waals surface area contributed by atoms with Crippen LogP contribution in [0.1, 0.15) is 25.7 Å². The molecule has 12 nitrogen and oxygen atoms in total. The van der Waals surface area contributed by atoms with Gasteiger partial charge in [-0.25, -0.2) is 4.79 Å². The number of thiol groups is 1. The SMILES string of the molecule is NC(CO)C(=O)NC(CS)C(=O)NC(CCC(=O)O)C(=O)N1CCCC1C(=O)O. The molecule has 0 saturated carbocycles. The van der Waals surface area contributed by atoms with E-state index in [2.05, 4.69) is 23.3 Å². The molecule has 0 spiro atoms. The van der Waals surface area contributed by atoms with E-state index in [0.29, 0.717) is 6.42 Å². The molecule has 1 rings (SSSR count). The van der Waals surface area contributed by atoms with Gasteiger partial charge in [0, 0.05) is 18.7 Å². The fourth-order valence-electron chi connectivity index (χ4n) is 2.84. The van der Waals surface area contributed by atoms with Gasteiger partial charge in [0.15, 0.2) is 0 Å². The van der Waals surface area contributed by atoms with Crippen LogP contribution in [-0.4, -0.2) is 93.0 Å². The van der Waals surface area contributed by atoms with Crippen molar-refractivity contribution in [1.29, 1.82) is 0 Å². The van der Waals surface area contributed by atoms with E-state index in [-0.39, 0.29) is 25.1 Å². The summed E-state index contributed by atoms with van der Waals surface area (Å²) in [4.78, 5) is 60.4. The van der Waals surface area contributed by atoms with Crippen molar-refractivity contribution in [1.82, 2.24) is 15.5 Å². The minimum atomic E-state index is -1.29. The number of likely N-dealkylation sites (tertiary alicyclic amines) is 1. The van der Waals surface area contributed by atoms with Gasteiger partial charge in [0.2, 0.25) is 17.7 Å². The second kappa shape index (κ2) is 11.6. The van der Waals surface area contributed by atoms with Crippen molar-refractivity contribution >= 4 is 42.3 Å². The van der Waals surface area contributed by atoms with Crippen molar-refractivity contribution in [2.24, 2.45) is 5.73 Å². The van der Waals surface area contributed by atoms with Gasteiger partial charge < -0.3 is 36.6 Å². The molecule has 0 aromatic heterocycles. The number of nitrogens with one attached hydrogen (secondary N) is 2. The molecule has 164 valence electrons. The number of aliphatic hydroxyl groups is 1. The first-order valence-electron chi connectivity index (χ1n) is 8.95. The maximum atomic E-state index is 12.8. The van der Waals surface area contributed by atoms with Crippen molar-refractivity contribution in [3.63, 3.8) is 0 Å². The fourth-order valence-corrected chi connectivity index (χ4v) is 3.10. The molecule has 0 aromatic carbocycles. The van der Waals surface area contributed by atoms with Gasteiger partial charge in [0.25, 0.3) is 0 Å². The number of hydrogen-bond acceptors (Lipinski definition) is 8. The Kier molecular flexibility index (Phi) is 9.85. The average molecular weight is 434 g/mol. The molecule has 7 N–H and O–H groups in total. The van der Waals surface area contributed by atoms with Crippen LogP contribution in [0.15, 0.2) is 0 Å². The number of carbonyl (C=O) groups is 5. The molecule has 29 heavy (non-hydrogen) atoms. The molecule has 13 heteroatoms. The molecule has 1 aliphatic rings. The van der Waals surface area contributed by atoms with Crippen molar-refractivity contribution in [2.75, 3.05) is 18.9 Å². The van der Waals surface area contributed by atoms with Gasteiger partial charge in [0.1, 0.15) is 24.2 Å². The maximum Gasteiger partial charge on any atom is 0.326 e. The Labute approximate surface area is 172 Å². The van der Waals surface area contributed by atoms with Crippen LogP contribution < -0.4 is 16.4 Å². The van der Waals surface area contributed by atoms with Crippen LogP contribution in [0.3, 0.4) is 0 Å². The van der Waals surface area contributed by atoms with E-state index in [1.165, 1.54) is 0 Å². The second-order valence-corrected chi connectivity index (χ2v) is 6.92. The van der Waals surface area contributed by atoms with E-state index >= 15 is 0 Å². The van der Waals surface area contributed by atoms with Crippen LogP contribution in [0.2, 0.25) is 0 Å². The quantitative estimate of drug-likeness (QED) is 0.167. The zero-order valence-corrected chi connectivity index (χ0v) is 16.5. The summed E-state index contributed by atoms with van der Waals surface area (Å²) in [6, 6.07) is -4.79. The molecule has 0 aliphatic carbocycles. The maximum absolute atomic E-state index is 12.8. The first-order chi connectivity index (χ1) is 13.6. The van der Waals surface area contributed by atoms with Crippen molar-refractivity contribution in [2.45, 2.75) is 49.9 Å². The lowest BCUT2D eigenvalue weighted by Gasteiger charge is -2.28. The Morgan fingerprint density at radius 1 is 1.10 bits per heavy atom. The predicted octanol–water partition coefficient (Wildman–Crippen LogP) is -2.85. The first-order valence-corrected chi connectivity index (χ1v) is 9.58.